The van der Waals surface area contributed by atoms with Crippen molar-refractivity contribution in [2.45, 2.75) is 13.0 Å². The molecule has 1 aliphatic heterocycles. The molecule has 1 fully saturated rings. The smallest absolute Gasteiger partial charge is 0.232 e. The van der Waals surface area contributed by atoms with Gasteiger partial charge < -0.3 is 15.2 Å². The maximum atomic E-state index is 5.49. The molecule has 0 aliphatic carbocycles. The number of nitrogens with two attached hydrogens (primary N) is 1. The highest BCUT2D eigenvalue weighted by Gasteiger charge is 2.16. The Hall–Kier alpha value is -1.20. The van der Waals surface area contributed by atoms with Gasteiger partial charge in [-0.3, -0.25) is 4.98 Å². The molecule has 2 N–H and O–H groups in total. The summed E-state index contributed by atoms with van der Waals surface area (Å²) in [5.74, 6) is 1.04. The average molecular weight is 209 g/mol. The van der Waals surface area contributed by atoms with Gasteiger partial charge >= 0.3 is 0 Å². The largest absolute Gasteiger partial charge is 0.476 e. The Labute approximate surface area is 88.6 Å². The molecule has 0 amide bonds. The molecule has 2 rings (SSSR count). The molecule has 82 valence electrons. The van der Waals surface area contributed by atoms with E-state index in [-0.39, 0.29) is 0 Å². The third kappa shape index (κ3) is 2.87. The van der Waals surface area contributed by atoms with Crippen molar-refractivity contribution in [3.8, 4) is 5.88 Å². The van der Waals surface area contributed by atoms with Crippen LogP contribution >= 0.6 is 0 Å². The van der Waals surface area contributed by atoms with Gasteiger partial charge in [-0.25, -0.2) is 4.98 Å². The van der Waals surface area contributed by atoms with E-state index in [1.165, 1.54) is 0 Å². The minimum Gasteiger partial charge on any atom is -0.476 e. The van der Waals surface area contributed by atoms with E-state index < -0.39 is 0 Å². The summed E-state index contributed by atoms with van der Waals surface area (Å²) < 4.78 is 10.7. The molecule has 1 aromatic rings. The van der Waals surface area contributed by atoms with Gasteiger partial charge in [0, 0.05) is 19.1 Å². The molecule has 5 heteroatoms. The van der Waals surface area contributed by atoms with Gasteiger partial charge in [0.25, 0.3) is 0 Å². The fourth-order valence-corrected chi connectivity index (χ4v) is 1.44. The van der Waals surface area contributed by atoms with Crippen LogP contribution in [0, 0.1) is 5.92 Å². The maximum absolute atomic E-state index is 5.49. The van der Waals surface area contributed by atoms with E-state index in [4.69, 9.17) is 15.2 Å². The molecule has 1 atom stereocenters. The van der Waals surface area contributed by atoms with Crippen molar-refractivity contribution in [3.05, 3.63) is 18.1 Å². The summed E-state index contributed by atoms with van der Waals surface area (Å²) in [4.78, 5) is 8.20. The number of hydrogen-bond acceptors (Lipinski definition) is 5. The fraction of sp³-hybridized carbons (Fsp3) is 0.600. The summed E-state index contributed by atoms with van der Waals surface area (Å²) in [6.45, 7) is 2.68. The van der Waals surface area contributed by atoms with Crippen LogP contribution in [0.2, 0.25) is 0 Å². The lowest BCUT2D eigenvalue weighted by Crippen LogP contribution is -2.12. The number of ether oxygens (including phenoxy) is 2. The zero-order chi connectivity index (χ0) is 10.5. The van der Waals surface area contributed by atoms with Crippen molar-refractivity contribution in [1.82, 2.24) is 9.97 Å². The Morgan fingerprint density at radius 1 is 1.47 bits per heavy atom. The summed E-state index contributed by atoms with van der Waals surface area (Å²) in [7, 11) is 0. The van der Waals surface area contributed by atoms with Crippen molar-refractivity contribution < 1.29 is 9.47 Å². The zero-order valence-corrected chi connectivity index (χ0v) is 8.56. The summed E-state index contributed by atoms with van der Waals surface area (Å²) >= 11 is 0. The minimum absolute atomic E-state index is 0.406. The van der Waals surface area contributed by atoms with Crippen molar-refractivity contribution in [3.63, 3.8) is 0 Å². The molecule has 15 heavy (non-hydrogen) atoms. The predicted molar refractivity (Wildman–Crippen MR) is 54.3 cm³/mol. The molecular weight excluding hydrogens is 194 g/mol. The Kier molecular flexibility index (Phi) is 3.47. The molecule has 0 spiro atoms. The second kappa shape index (κ2) is 5.04. The van der Waals surface area contributed by atoms with Crippen LogP contribution in [0.5, 0.6) is 5.88 Å². The third-order valence-corrected chi connectivity index (χ3v) is 2.38. The van der Waals surface area contributed by atoms with Gasteiger partial charge in [-0.05, 0) is 6.42 Å². The third-order valence-electron chi connectivity index (χ3n) is 2.38. The molecule has 0 radical (unpaired) electrons. The quantitative estimate of drug-likeness (QED) is 0.774. The molecule has 1 saturated heterocycles. The number of nitrogens with zero attached hydrogens (tertiary/aromatic N) is 2. The van der Waals surface area contributed by atoms with Crippen molar-refractivity contribution >= 4 is 0 Å². The van der Waals surface area contributed by atoms with Gasteiger partial charge in [0.15, 0.2) is 0 Å². The van der Waals surface area contributed by atoms with Crippen LogP contribution in [0.25, 0.3) is 0 Å². The van der Waals surface area contributed by atoms with Gasteiger partial charge in [-0.2, -0.15) is 0 Å². The monoisotopic (exact) mass is 209 g/mol. The average Bonchev–Trinajstić information content (AvgIpc) is 2.80. The van der Waals surface area contributed by atoms with Gasteiger partial charge in [0.2, 0.25) is 5.88 Å². The van der Waals surface area contributed by atoms with Gasteiger partial charge in [-0.1, -0.05) is 0 Å². The summed E-state index contributed by atoms with van der Waals surface area (Å²) in [6, 6.07) is 0. The topological polar surface area (TPSA) is 70.3 Å². The summed E-state index contributed by atoms with van der Waals surface area (Å²) in [5.41, 5.74) is 6.18. The van der Waals surface area contributed by atoms with Crippen LogP contribution in [0.1, 0.15) is 12.1 Å². The lowest BCUT2D eigenvalue weighted by Gasteiger charge is -2.08. The van der Waals surface area contributed by atoms with E-state index in [2.05, 4.69) is 9.97 Å². The first-order chi connectivity index (χ1) is 7.38. The van der Waals surface area contributed by atoms with Gasteiger partial charge in [-0.15, -0.1) is 0 Å². The Bertz CT molecular complexity index is 296. The van der Waals surface area contributed by atoms with Crippen LogP contribution in [0.3, 0.4) is 0 Å². The van der Waals surface area contributed by atoms with Crippen molar-refractivity contribution in [1.29, 1.82) is 0 Å². The highest BCUT2D eigenvalue weighted by atomic mass is 16.5. The summed E-state index contributed by atoms with van der Waals surface area (Å²) in [5, 5.41) is 0. The molecule has 0 saturated carbocycles. The molecule has 2 heterocycles. The van der Waals surface area contributed by atoms with Crippen LogP contribution in [-0.4, -0.2) is 29.8 Å². The standard InChI is InChI=1S/C10H15N3O2/c11-3-9-4-13-10(5-12-9)15-7-8-1-2-14-6-8/h4-5,8H,1-3,6-7,11H2. The first-order valence-electron chi connectivity index (χ1n) is 5.10. The van der Waals surface area contributed by atoms with Crippen molar-refractivity contribution in [2.24, 2.45) is 11.7 Å². The van der Waals surface area contributed by atoms with E-state index in [1.807, 2.05) is 0 Å². The van der Waals surface area contributed by atoms with Crippen molar-refractivity contribution in [2.75, 3.05) is 19.8 Å². The van der Waals surface area contributed by atoms with E-state index in [0.717, 1.165) is 25.3 Å². The minimum atomic E-state index is 0.406. The maximum Gasteiger partial charge on any atom is 0.232 e. The second-order valence-electron chi connectivity index (χ2n) is 3.59. The first-order valence-corrected chi connectivity index (χ1v) is 5.10. The SMILES string of the molecule is NCc1cnc(OCC2CCOC2)cn1. The van der Waals surface area contributed by atoms with Crippen LogP contribution in [0.4, 0.5) is 0 Å². The highest BCUT2D eigenvalue weighted by Crippen LogP contribution is 2.14. The molecule has 1 unspecified atom stereocenters. The van der Waals surface area contributed by atoms with Gasteiger partial charge in [0.05, 0.1) is 31.3 Å². The lowest BCUT2D eigenvalue weighted by molar-refractivity contribution is 0.165. The van der Waals surface area contributed by atoms with E-state index in [9.17, 15) is 0 Å². The van der Waals surface area contributed by atoms with Gasteiger partial charge in [0.1, 0.15) is 0 Å². The Morgan fingerprint density at radius 3 is 3.00 bits per heavy atom. The molecular formula is C10H15N3O2. The fourth-order valence-electron chi connectivity index (χ4n) is 1.44. The predicted octanol–water partition coefficient (Wildman–Crippen LogP) is 0.351. The normalized spacial score (nSPS) is 20.5. The number of aromatic nitrogens is 2. The van der Waals surface area contributed by atoms with E-state index >= 15 is 0 Å². The molecule has 0 aromatic carbocycles. The molecule has 5 nitrogen and oxygen atoms in total. The molecule has 1 aromatic heterocycles. The Morgan fingerprint density at radius 2 is 2.40 bits per heavy atom. The lowest BCUT2D eigenvalue weighted by atomic mass is 10.1. The summed E-state index contributed by atoms with van der Waals surface area (Å²) in [6.07, 6.45) is 4.31. The van der Waals surface area contributed by atoms with E-state index in [1.54, 1.807) is 12.4 Å². The van der Waals surface area contributed by atoms with Crippen LogP contribution in [0.15, 0.2) is 12.4 Å². The number of hydrogen-bond donors (Lipinski definition) is 1. The number of rotatable bonds is 4. The Balaban J connectivity index is 1.82. The second-order valence-corrected chi connectivity index (χ2v) is 3.59. The first kappa shape index (κ1) is 10.3. The zero-order valence-electron chi connectivity index (χ0n) is 8.56. The van der Waals surface area contributed by atoms with E-state index in [0.29, 0.717) is 24.9 Å². The molecule has 1 aliphatic rings. The highest BCUT2D eigenvalue weighted by molar-refractivity contribution is 5.06. The van der Waals surface area contributed by atoms with Crippen LogP contribution in [-0.2, 0) is 11.3 Å². The van der Waals surface area contributed by atoms with Crippen LogP contribution < -0.4 is 10.5 Å². The molecule has 0 bridgehead atoms.